The summed E-state index contributed by atoms with van der Waals surface area (Å²) in [4.78, 5) is 1.07. The van der Waals surface area contributed by atoms with Gasteiger partial charge in [-0.3, -0.25) is 0 Å². The Hall–Kier alpha value is -1.19. The molecule has 0 heterocycles. The van der Waals surface area contributed by atoms with E-state index in [2.05, 4.69) is 5.32 Å². The lowest BCUT2D eigenvalue weighted by Crippen LogP contribution is -2.27. The summed E-state index contributed by atoms with van der Waals surface area (Å²) in [5.74, 6) is 0. The van der Waals surface area contributed by atoms with E-state index in [9.17, 15) is 0 Å². The molecule has 0 bridgehead atoms. The van der Waals surface area contributed by atoms with Gasteiger partial charge in [-0.15, -0.1) is 0 Å². The number of hydrogen-bond donors (Lipinski definition) is 2. The molecule has 1 unspecified atom stereocenters. The smallest absolute Gasteiger partial charge is 0.109 e. The van der Waals surface area contributed by atoms with Gasteiger partial charge in [-0.05, 0) is 26.0 Å². The largest absolute Gasteiger partial charge is 0.393 e. The van der Waals surface area contributed by atoms with Crippen molar-refractivity contribution in [3.05, 3.63) is 48.5 Å². The van der Waals surface area contributed by atoms with E-state index in [-0.39, 0.29) is 0 Å². The number of nitrogens with two attached hydrogens (primary N) is 1. The SMILES string of the molecule is C\C=C/C=C\C(=C\C(C)(N)Cl)N(C)/C=C/NC. The van der Waals surface area contributed by atoms with Crippen LogP contribution in [0, 0.1) is 0 Å². The van der Waals surface area contributed by atoms with Crippen LogP contribution in [0.4, 0.5) is 0 Å². The lowest BCUT2D eigenvalue weighted by Gasteiger charge is -2.19. The molecule has 0 aliphatic heterocycles. The standard InChI is InChI=1S/C13H22ClN3/c1-5-6-7-8-12(11-13(2,14)15)17(4)10-9-16-3/h5-11,16H,15H2,1-4H3/b6-5-,8-7-,10-9+,12-11-. The van der Waals surface area contributed by atoms with Crippen molar-refractivity contribution in [2.24, 2.45) is 5.73 Å². The summed E-state index contributed by atoms with van der Waals surface area (Å²) < 4.78 is 0. The van der Waals surface area contributed by atoms with Crippen molar-refractivity contribution in [3.8, 4) is 0 Å². The highest BCUT2D eigenvalue weighted by Crippen LogP contribution is 2.14. The van der Waals surface area contributed by atoms with Gasteiger partial charge in [-0.2, -0.15) is 0 Å². The fourth-order valence-electron chi connectivity index (χ4n) is 1.09. The topological polar surface area (TPSA) is 41.3 Å². The first-order chi connectivity index (χ1) is 7.90. The summed E-state index contributed by atoms with van der Waals surface area (Å²) in [6.45, 7) is 3.71. The summed E-state index contributed by atoms with van der Waals surface area (Å²) in [5.41, 5.74) is 6.70. The molecular formula is C13H22ClN3. The van der Waals surface area contributed by atoms with Gasteiger partial charge in [0.05, 0.1) is 0 Å². The zero-order valence-electron chi connectivity index (χ0n) is 10.9. The fraction of sp³-hybridized carbons (Fsp3) is 0.385. The number of nitrogens with one attached hydrogen (secondary N) is 1. The van der Waals surface area contributed by atoms with E-state index in [1.807, 2.05) is 62.6 Å². The van der Waals surface area contributed by atoms with Crippen molar-refractivity contribution in [3.63, 3.8) is 0 Å². The van der Waals surface area contributed by atoms with Crippen LogP contribution in [-0.4, -0.2) is 24.0 Å². The van der Waals surface area contributed by atoms with Crippen LogP contribution in [0.25, 0.3) is 0 Å². The van der Waals surface area contributed by atoms with Gasteiger partial charge in [0.15, 0.2) is 0 Å². The maximum Gasteiger partial charge on any atom is 0.109 e. The van der Waals surface area contributed by atoms with Crippen LogP contribution in [0.2, 0.25) is 0 Å². The third kappa shape index (κ3) is 8.60. The number of likely N-dealkylation sites (N-methyl/N-ethyl adjacent to an activating group) is 1. The first-order valence-electron chi connectivity index (χ1n) is 5.47. The molecule has 0 spiro atoms. The first-order valence-corrected chi connectivity index (χ1v) is 5.85. The lowest BCUT2D eigenvalue weighted by molar-refractivity contribution is 0.574. The third-order valence-electron chi connectivity index (χ3n) is 1.87. The molecule has 0 saturated heterocycles. The molecule has 3 nitrogen and oxygen atoms in total. The maximum atomic E-state index is 6.00. The molecule has 0 radical (unpaired) electrons. The predicted molar refractivity (Wildman–Crippen MR) is 76.4 cm³/mol. The van der Waals surface area contributed by atoms with Crippen molar-refractivity contribution in [2.75, 3.05) is 14.1 Å². The van der Waals surface area contributed by atoms with Gasteiger partial charge in [0, 0.05) is 32.2 Å². The average molecular weight is 256 g/mol. The molecular weight excluding hydrogens is 234 g/mol. The minimum Gasteiger partial charge on any atom is -0.393 e. The van der Waals surface area contributed by atoms with Crippen LogP contribution in [0.5, 0.6) is 0 Å². The highest BCUT2D eigenvalue weighted by Gasteiger charge is 2.11. The van der Waals surface area contributed by atoms with Crippen molar-refractivity contribution < 1.29 is 0 Å². The third-order valence-corrected chi connectivity index (χ3v) is 1.98. The number of halogens is 1. The summed E-state index contributed by atoms with van der Waals surface area (Å²) in [6, 6.07) is 0. The second-order valence-electron chi connectivity index (χ2n) is 3.82. The van der Waals surface area contributed by atoms with Crippen LogP contribution >= 0.6 is 11.6 Å². The van der Waals surface area contributed by atoms with E-state index in [4.69, 9.17) is 17.3 Å². The van der Waals surface area contributed by atoms with Gasteiger partial charge in [0.25, 0.3) is 0 Å². The predicted octanol–water partition coefficient (Wildman–Crippen LogP) is 2.54. The minimum absolute atomic E-state index is 0.864. The lowest BCUT2D eigenvalue weighted by atomic mass is 10.2. The molecule has 0 aromatic carbocycles. The minimum atomic E-state index is -0.864. The quantitative estimate of drug-likeness (QED) is 0.435. The Morgan fingerprint density at radius 2 is 2.06 bits per heavy atom. The van der Waals surface area contributed by atoms with E-state index in [1.54, 1.807) is 13.0 Å². The van der Waals surface area contributed by atoms with Crippen LogP contribution in [0.1, 0.15) is 13.8 Å². The fourth-order valence-corrected chi connectivity index (χ4v) is 1.21. The zero-order chi connectivity index (χ0) is 13.3. The van der Waals surface area contributed by atoms with Crippen molar-refractivity contribution in [2.45, 2.75) is 18.8 Å². The Kier molecular flexibility index (Phi) is 7.42. The van der Waals surface area contributed by atoms with E-state index in [0.29, 0.717) is 0 Å². The number of nitrogens with zero attached hydrogens (tertiary/aromatic N) is 1. The Morgan fingerprint density at radius 3 is 2.53 bits per heavy atom. The molecule has 0 fully saturated rings. The van der Waals surface area contributed by atoms with Crippen molar-refractivity contribution >= 4 is 11.6 Å². The number of alkyl halides is 1. The summed E-state index contributed by atoms with van der Waals surface area (Å²) >= 11 is 6.00. The molecule has 0 aliphatic carbocycles. The van der Waals surface area contributed by atoms with Crippen LogP contribution in [-0.2, 0) is 0 Å². The molecule has 17 heavy (non-hydrogen) atoms. The molecule has 0 rings (SSSR count). The highest BCUT2D eigenvalue weighted by molar-refractivity contribution is 6.24. The summed E-state index contributed by atoms with van der Waals surface area (Å²) in [5, 5.41) is 2.93. The summed E-state index contributed by atoms with van der Waals surface area (Å²) in [6.07, 6.45) is 13.3. The summed E-state index contributed by atoms with van der Waals surface area (Å²) in [7, 11) is 3.78. The van der Waals surface area contributed by atoms with E-state index < -0.39 is 5.00 Å². The number of rotatable bonds is 6. The highest BCUT2D eigenvalue weighted by atomic mass is 35.5. The molecule has 3 N–H and O–H groups in total. The van der Waals surface area contributed by atoms with Gasteiger partial charge in [0.1, 0.15) is 5.00 Å². The van der Waals surface area contributed by atoms with Crippen LogP contribution in [0.3, 0.4) is 0 Å². The molecule has 0 saturated carbocycles. The second kappa shape index (κ2) is 7.98. The average Bonchev–Trinajstić information content (AvgIpc) is 2.23. The van der Waals surface area contributed by atoms with Gasteiger partial charge in [0.2, 0.25) is 0 Å². The van der Waals surface area contributed by atoms with Gasteiger partial charge >= 0.3 is 0 Å². The zero-order valence-corrected chi connectivity index (χ0v) is 11.7. The molecule has 0 aromatic heterocycles. The van der Waals surface area contributed by atoms with Crippen molar-refractivity contribution in [1.82, 2.24) is 10.2 Å². The molecule has 96 valence electrons. The normalized spacial score (nSPS) is 16.9. The number of hydrogen-bond acceptors (Lipinski definition) is 3. The van der Waals surface area contributed by atoms with Crippen LogP contribution in [0.15, 0.2) is 48.5 Å². The molecule has 1 atom stereocenters. The first kappa shape index (κ1) is 15.8. The number of allylic oxidation sites excluding steroid dienone is 4. The van der Waals surface area contributed by atoms with Crippen molar-refractivity contribution in [1.29, 1.82) is 0 Å². The van der Waals surface area contributed by atoms with Gasteiger partial charge < -0.3 is 16.0 Å². The Balaban J connectivity index is 4.98. The van der Waals surface area contributed by atoms with Crippen LogP contribution < -0.4 is 11.1 Å². The molecule has 0 aliphatic rings. The maximum absolute atomic E-state index is 6.00. The molecule has 0 aromatic rings. The Bertz CT molecular complexity index is 322. The second-order valence-corrected chi connectivity index (χ2v) is 4.64. The van der Waals surface area contributed by atoms with Gasteiger partial charge in [-0.1, -0.05) is 29.8 Å². The molecule has 0 amide bonds. The monoisotopic (exact) mass is 255 g/mol. The Morgan fingerprint density at radius 1 is 1.41 bits per heavy atom. The van der Waals surface area contributed by atoms with E-state index in [1.165, 1.54) is 0 Å². The van der Waals surface area contributed by atoms with E-state index in [0.717, 1.165) is 5.70 Å². The molecule has 4 heteroatoms. The Labute approximate surface area is 109 Å². The van der Waals surface area contributed by atoms with Gasteiger partial charge in [-0.25, -0.2) is 0 Å². The van der Waals surface area contributed by atoms with E-state index >= 15 is 0 Å².